The van der Waals surface area contributed by atoms with E-state index in [1.165, 1.54) is 0 Å². The largest absolute Gasteiger partial charge is 0.504 e. The van der Waals surface area contributed by atoms with Crippen LogP contribution in [0.15, 0.2) is 12.4 Å². The second-order valence-corrected chi connectivity index (χ2v) is 7.16. The van der Waals surface area contributed by atoms with Crippen molar-refractivity contribution in [3.05, 3.63) is 23.8 Å². The molecular formula is C15H23N5O. The number of aromatic hydroxyl groups is 1. The lowest BCUT2D eigenvalue weighted by atomic mass is 9.85. The number of nitrogens with zero attached hydrogens (tertiary/aromatic N) is 3. The molecule has 0 unspecified atom stereocenters. The van der Waals surface area contributed by atoms with Crippen molar-refractivity contribution in [2.24, 2.45) is 0 Å². The lowest BCUT2D eigenvalue weighted by Gasteiger charge is -2.25. The molecule has 0 spiro atoms. The van der Waals surface area contributed by atoms with E-state index in [4.69, 9.17) is 0 Å². The average molecular weight is 289 g/mol. The normalized spacial score (nSPS) is 12.5. The van der Waals surface area contributed by atoms with Crippen LogP contribution in [0.5, 0.6) is 5.75 Å². The van der Waals surface area contributed by atoms with Gasteiger partial charge in [-0.05, 0) is 0 Å². The number of hydrogen-bond acceptors (Lipinski definition) is 5. The molecule has 0 aliphatic carbocycles. The van der Waals surface area contributed by atoms with E-state index in [2.05, 4.69) is 25.3 Å². The molecule has 0 bridgehead atoms. The SMILES string of the molecule is CC(C)(C)c1nc(Nc2ncc[nH]2)nc(C(C)(C)C)c1O. The number of aromatic amines is 1. The molecule has 0 atom stereocenters. The molecule has 0 saturated carbocycles. The fourth-order valence-corrected chi connectivity index (χ4v) is 2.00. The van der Waals surface area contributed by atoms with Crippen LogP contribution in [0.3, 0.4) is 0 Å². The van der Waals surface area contributed by atoms with Crippen molar-refractivity contribution in [1.29, 1.82) is 0 Å². The molecule has 0 aromatic carbocycles. The highest BCUT2D eigenvalue weighted by atomic mass is 16.3. The van der Waals surface area contributed by atoms with Crippen molar-refractivity contribution < 1.29 is 5.11 Å². The Morgan fingerprint density at radius 2 is 1.52 bits per heavy atom. The molecule has 21 heavy (non-hydrogen) atoms. The van der Waals surface area contributed by atoms with Crippen LogP contribution in [0, 0.1) is 0 Å². The zero-order valence-electron chi connectivity index (χ0n) is 13.4. The zero-order valence-corrected chi connectivity index (χ0v) is 13.4. The van der Waals surface area contributed by atoms with Gasteiger partial charge in [-0.15, -0.1) is 0 Å². The fourth-order valence-electron chi connectivity index (χ4n) is 2.00. The Morgan fingerprint density at radius 1 is 1.00 bits per heavy atom. The molecule has 2 aromatic heterocycles. The van der Waals surface area contributed by atoms with Gasteiger partial charge in [0.15, 0.2) is 5.75 Å². The van der Waals surface area contributed by atoms with Crippen LogP contribution in [0.1, 0.15) is 52.9 Å². The highest BCUT2D eigenvalue weighted by molar-refractivity contribution is 5.49. The highest BCUT2D eigenvalue weighted by Crippen LogP contribution is 2.37. The number of rotatable bonds is 2. The quantitative estimate of drug-likeness (QED) is 0.790. The van der Waals surface area contributed by atoms with E-state index in [1.807, 2.05) is 41.5 Å². The lowest BCUT2D eigenvalue weighted by molar-refractivity contribution is 0.407. The summed E-state index contributed by atoms with van der Waals surface area (Å²) in [5, 5.41) is 13.6. The Kier molecular flexibility index (Phi) is 3.65. The van der Waals surface area contributed by atoms with Gasteiger partial charge in [-0.25, -0.2) is 15.0 Å². The Morgan fingerprint density at radius 3 is 1.90 bits per heavy atom. The molecule has 114 valence electrons. The van der Waals surface area contributed by atoms with Crippen LogP contribution in [-0.2, 0) is 10.8 Å². The molecule has 0 fully saturated rings. The number of nitrogens with one attached hydrogen (secondary N) is 2. The molecule has 2 heterocycles. The van der Waals surface area contributed by atoms with Gasteiger partial charge in [-0.3, -0.25) is 5.32 Å². The van der Waals surface area contributed by atoms with Crippen LogP contribution in [0.2, 0.25) is 0 Å². The van der Waals surface area contributed by atoms with E-state index in [1.54, 1.807) is 12.4 Å². The van der Waals surface area contributed by atoms with Gasteiger partial charge in [0.1, 0.15) is 0 Å². The van der Waals surface area contributed by atoms with Gasteiger partial charge in [0.2, 0.25) is 11.9 Å². The summed E-state index contributed by atoms with van der Waals surface area (Å²) in [5.41, 5.74) is 0.673. The molecule has 0 aliphatic rings. The summed E-state index contributed by atoms with van der Waals surface area (Å²) in [4.78, 5) is 16.0. The highest BCUT2D eigenvalue weighted by Gasteiger charge is 2.29. The Balaban J connectivity index is 2.56. The minimum atomic E-state index is -0.285. The van der Waals surface area contributed by atoms with E-state index >= 15 is 0 Å². The number of hydrogen-bond donors (Lipinski definition) is 3. The zero-order chi connectivity index (χ0) is 15.8. The predicted octanol–water partition coefficient (Wildman–Crippen LogP) is 3.24. The first-order chi connectivity index (χ1) is 9.59. The topological polar surface area (TPSA) is 86.7 Å². The monoisotopic (exact) mass is 289 g/mol. The van der Waals surface area contributed by atoms with E-state index in [-0.39, 0.29) is 16.6 Å². The average Bonchev–Trinajstić information content (AvgIpc) is 2.81. The predicted molar refractivity (Wildman–Crippen MR) is 83.0 cm³/mol. The first-order valence-corrected chi connectivity index (χ1v) is 6.97. The van der Waals surface area contributed by atoms with Crippen LogP contribution < -0.4 is 5.32 Å². The lowest BCUT2D eigenvalue weighted by Crippen LogP contribution is -2.21. The molecule has 2 aromatic rings. The number of imidazole rings is 1. The third-order valence-electron chi connectivity index (χ3n) is 3.03. The van der Waals surface area contributed by atoms with Gasteiger partial charge in [-0.2, -0.15) is 0 Å². The molecule has 0 radical (unpaired) electrons. The van der Waals surface area contributed by atoms with Crippen LogP contribution in [0.25, 0.3) is 0 Å². The summed E-state index contributed by atoms with van der Waals surface area (Å²) < 4.78 is 0. The van der Waals surface area contributed by atoms with Crippen molar-refractivity contribution in [3.8, 4) is 5.75 Å². The second-order valence-electron chi connectivity index (χ2n) is 7.16. The Labute approximate surface area is 125 Å². The van der Waals surface area contributed by atoms with Crippen molar-refractivity contribution >= 4 is 11.9 Å². The molecular weight excluding hydrogens is 266 g/mol. The van der Waals surface area contributed by atoms with Gasteiger partial charge < -0.3 is 10.1 Å². The van der Waals surface area contributed by atoms with Crippen LogP contribution in [0.4, 0.5) is 11.9 Å². The summed E-state index contributed by atoms with van der Waals surface area (Å²) in [6.45, 7) is 12.1. The van der Waals surface area contributed by atoms with Crippen molar-refractivity contribution in [2.45, 2.75) is 52.4 Å². The summed E-state index contributed by atoms with van der Waals surface area (Å²) >= 11 is 0. The molecule has 0 amide bonds. The van der Waals surface area contributed by atoms with E-state index in [9.17, 15) is 5.11 Å². The van der Waals surface area contributed by atoms with Crippen LogP contribution >= 0.6 is 0 Å². The van der Waals surface area contributed by atoms with Gasteiger partial charge in [0.25, 0.3) is 0 Å². The van der Waals surface area contributed by atoms with Gasteiger partial charge in [0, 0.05) is 23.2 Å². The maximum atomic E-state index is 10.5. The Hall–Kier alpha value is -2.11. The minimum Gasteiger partial charge on any atom is -0.504 e. The smallest absolute Gasteiger partial charge is 0.230 e. The van der Waals surface area contributed by atoms with Gasteiger partial charge in [-0.1, -0.05) is 41.5 Å². The summed E-state index contributed by atoms with van der Waals surface area (Å²) in [6.07, 6.45) is 3.37. The fraction of sp³-hybridized carbons (Fsp3) is 0.533. The third-order valence-corrected chi connectivity index (χ3v) is 3.03. The molecule has 0 aliphatic heterocycles. The second kappa shape index (κ2) is 5.02. The number of aromatic nitrogens is 4. The summed E-state index contributed by atoms with van der Waals surface area (Å²) in [5.74, 6) is 1.16. The first-order valence-electron chi connectivity index (χ1n) is 6.97. The van der Waals surface area contributed by atoms with Gasteiger partial charge in [0.05, 0.1) is 11.4 Å². The van der Waals surface area contributed by atoms with Crippen LogP contribution in [-0.4, -0.2) is 25.0 Å². The maximum Gasteiger partial charge on any atom is 0.230 e. The summed E-state index contributed by atoms with van der Waals surface area (Å²) in [6, 6.07) is 0. The molecule has 6 nitrogen and oxygen atoms in total. The van der Waals surface area contributed by atoms with E-state index < -0.39 is 0 Å². The third kappa shape index (κ3) is 3.32. The minimum absolute atomic E-state index is 0.167. The van der Waals surface area contributed by atoms with Crippen molar-refractivity contribution in [2.75, 3.05) is 5.32 Å². The standard InChI is InChI=1S/C15H23N5O/c1-14(2,3)10-9(21)11(15(4,5)6)19-13(18-10)20-12-16-7-8-17-12/h7-8,21H,1-6H3,(H2,16,17,18,19,20). The first kappa shape index (κ1) is 15.3. The van der Waals surface area contributed by atoms with Crippen molar-refractivity contribution in [3.63, 3.8) is 0 Å². The van der Waals surface area contributed by atoms with E-state index in [0.717, 1.165) is 0 Å². The Bertz CT molecular complexity index is 585. The van der Waals surface area contributed by atoms with Crippen molar-refractivity contribution in [1.82, 2.24) is 19.9 Å². The van der Waals surface area contributed by atoms with Gasteiger partial charge >= 0.3 is 0 Å². The molecule has 2 rings (SSSR count). The molecule has 0 saturated heterocycles. The summed E-state index contributed by atoms with van der Waals surface area (Å²) in [7, 11) is 0. The van der Waals surface area contributed by atoms with E-state index in [0.29, 0.717) is 23.3 Å². The molecule has 3 N–H and O–H groups in total. The molecule has 6 heteroatoms. The number of H-pyrrole nitrogens is 1. The maximum absolute atomic E-state index is 10.5. The number of anilines is 2.